The lowest BCUT2D eigenvalue weighted by Crippen LogP contribution is -2.43. The summed E-state index contributed by atoms with van der Waals surface area (Å²) in [4.78, 5) is 12.1. The first-order chi connectivity index (χ1) is 12.9. The third-order valence-electron chi connectivity index (χ3n) is 3.89. The Morgan fingerprint density at radius 1 is 1.04 bits per heavy atom. The zero-order valence-electron chi connectivity index (χ0n) is 16.7. The van der Waals surface area contributed by atoms with Gasteiger partial charge in [-0.25, -0.2) is 0 Å². The van der Waals surface area contributed by atoms with Crippen LogP contribution < -0.4 is 20.1 Å². The van der Waals surface area contributed by atoms with Crippen LogP contribution in [0.5, 0.6) is 11.5 Å². The molecule has 0 saturated heterocycles. The molecule has 0 bridgehead atoms. The van der Waals surface area contributed by atoms with Crippen LogP contribution in [-0.4, -0.2) is 31.7 Å². The lowest BCUT2D eigenvalue weighted by molar-refractivity contribution is -0.124. The molecular weight excluding hydrogens is 340 g/mol. The number of hydrogen-bond acceptors (Lipinski definition) is 4. The van der Waals surface area contributed by atoms with Crippen molar-refractivity contribution in [1.29, 1.82) is 0 Å². The summed E-state index contributed by atoms with van der Waals surface area (Å²) in [7, 11) is 1.60. The maximum Gasteiger partial charge on any atom is 0.258 e. The minimum Gasteiger partial charge on any atom is -0.493 e. The minimum absolute atomic E-state index is 0.0470. The number of ether oxygens (including phenoxy) is 2. The number of carbonyl (C=O) groups is 1. The van der Waals surface area contributed by atoms with Crippen LogP contribution >= 0.6 is 0 Å². The van der Waals surface area contributed by atoms with E-state index in [1.54, 1.807) is 7.11 Å². The van der Waals surface area contributed by atoms with Gasteiger partial charge in [0.1, 0.15) is 0 Å². The fraction of sp³-hybridized carbons (Fsp3) is 0.409. The highest BCUT2D eigenvalue weighted by molar-refractivity contribution is 5.78. The number of carbonyl (C=O) groups excluding carboxylic acids is 1. The van der Waals surface area contributed by atoms with Gasteiger partial charge in [0, 0.05) is 17.6 Å². The molecule has 0 aliphatic rings. The maximum atomic E-state index is 12.1. The second-order valence-corrected chi connectivity index (χ2v) is 7.45. The number of benzene rings is 2. The van der Waals surface area contributed by atoms with Crippen molar-refractivity contribution >= 4 is 5.91 Å². The normalized spacial score (nSPS) is 11.1. The van der Waals surface area contributed by atoms with Gasteiger partial charge < -0.3 is 20.1 Å². The van der Waals surface area contributed by atoms with Crippen molar-refractivity contribution in [1.82, 2.24) is 10.6 Å². The molecule has 0 aliphatic heterocycles. The van der Waals surface area contributed by atoms with Gasteiger partial charge in [-0.15, -0.1) is 0 Å². The van der Waals surface area contributed by atoms with Crippen molar-refractivity contribution in [2.24, 2.45) is 0 Å². The third kappa shape index (κ3) is 7.31. The van der Waals surface area contributed by atoms with Gasteiger partial charge >= 0.3 is 0 Å². The van der Waals surface area contributed by atoms with Crippen molar-refractivity contribution in [3.8, 4) is 11.5 Å². The van der Waals surface area contributed by atoms with Gasteiger partial charge in [0.25, 0.3) is 5.91 Å². The van der Waals surface area contributed by atoms with Crippen LogP contribution in [-0.2, 0) is 17.8 Å². The first-order valence-corrected chi connectivity index (χ1v) is 9.23. The van der Waals surface area contributed by atoms with Crippen molar-refractivity contribution in [2.75, 3.05) is 20.3 Å². The van der Waals surface area contributed by atoms with Crippen molar-refractivity contribution in [3.05, 3.63) is 59.7 Å². The van der Waals surface area contributed by atoms with E-state index in [0.717, 1.165) is 18.5 Å². The molecule has 2 rings (SSSR count). The summed E-state index contributed by atoms with van der Waals surface area (Å²) in [6.07, 6.45) is 0.953. The predicted octanol–water partition coefficient (Wildman–Crippen LogP) is 3.32. The van der Waals surface area contributed by atoms with E-state index in [1.807, 2.05) is 57.2 Å². The molecule has 0 radical (unpaired) electrons. The smallest absolute Gasteiger partial charge is 0.258 e. The molecule has 0 atom stereocenters. The first-order valence-electron chi connectivity index (χ1n) is 9.23. The van der Waals surface area contributed by atoms with Crippen LogP contribution in [0.2, 0.25) is 0 Å². The predicted molar refractivity (Wildman–Crippen MR) is 108 cm³/mol. The molecule has 2 aromatic carbocycles. The van der Waals surface area contributed by atoms with Crippen LogP contribution in [0.25, 0.3) is 0 Å². The molecule has 146 valence electrons. The zero-order chi connectivity index (χ0) is 19.7. The Morgan fingerprint density at radius 2 is 1.78 bits per heavy atom. The molecule has 5 nitrogen and oxygen atoms in total. The molecule has 0 aliphatic carbocycles. The summed E-state index contributed by atoms with van der Waals surface area (Å²) >= 11 is 0. The van der Waals surface area contributed by atoms with Gasteiger partial charge in [-0.2, -0.15) is 0 Å². The Kier molecular flexibility index (Phi) is 7.67. The Morgan fingerprint density at radius 3 is 2.44 bits per heavy atom. The molecule has 0 heterocycles. The Balaban J connectivity index is 1.94. The summed E-state index contributed by atoms with van der Waals surface area (Å²) in [5, 5.41) is 6.33. The zero-order valence-corrected chi connectivity index (χ0v) is 16.7. The summed E-state index contributed by atoms with van der Waals surface area (Å²) in [6, 6.07) is 16.1. The second kappa shape index (κ2) is 9.97. The van der Waals surface area contributed by atoms with Crippen molar-refractivity contribution < 1.29 is 14.3 Å². The summed E-state index contributed by atoms with van der Waals surface area (Å²) in [5.41, 5.74) is 1.97. The van der Waals surface area contributed by atoms with E-state index in [0.29, 0.717) is 18.0 Å². The standard InChI is InChI=1S/C22H30N2O3/c1-22(2,3)24-20(25)16-27-21-18(11-8-12-19(21)26-4)15-23-14-13-17-9-6-5-7-10-17/h5-12,23H,13-16H2,1-4H3,(H,24,25). The SMILES string of the molecule is COc1cccc(CNCCc2ccccc2)c1OCC(=O)NC(C)(C)C. The van der Waals surface area contributed by atoms with E-state index in [2.05, 4.69) is 22.8 Å². The molecule has 2 N–H and O–H groups in total. The fourth-order valence-corrected chi connectivity index (χ4v) is 2.72. The number of methoxy groups -OCH3 is 1. The van der Waals surface area contributed by atoms with E-state index >= 15 is 0 Å². The lowest BCUT2D eigenvalue weighted by Gasteiger charge is -2.21. The van der Waals surface area contributed by atoms with Crippen molar-refractivity contribution in [3.63, 3.8) is 0 Å². The van der Waals surface area contributed by atoms with Crippen LogP contribution in [0.4, 0.5) is 0 Å². The monoisotopic (exact) mass is 370 g/mol. The van der Waals surface area contributed by atoms with Crippen LogP contribution in [0.1, 0.15) is 31.9 Å². The van der Waals surface area contributed by atoms with Gasteiger partial charge in [0.15, 0.2) is 18.1 Å². The number of nitrogens with one attached hydrogen (secondary N) is 2. The molecule has 2 aromatic rings. The van der Waals surface area contributed by atoms with E-state index < -0.39 is 0 Å². The average molecular weight is 370 g/mol. The van der Waals surface area contributed by atoms with Crippen molar-refractivity contribution in [2.45, 2.75) is 39.3 Å². The lowest BCUT2D eigenvalue weighted by atomic mass is 10.1. The second-order valence-electron chi connectivity index (χ2n) is 7.45. The molecule has 0 unspecified atom stereocenters. The molecule has 0 spiro atoms. The van der Waals surface area contributed by atoms with Gasteiger partial charge in [-0.05, 0) is 45.4 Å². The van der Waals surface area contributed by atoms with Crippen LogP contribution in [0, 0.1) is 0 Å². The number of amides is 1. The van der Waals surface area contributed by atoms with E-state index in [4.69, 9.17) is 9.47 Å². The van der Waals surface area contributed by atoms with Gasteiger partial charge in [0.05, 0.1) is 7.11 Å². The van der Waals surface area contributed by atoms with Gasteiger partial charge in [-0.3, -0.25) is 4.79 Å². The van der Waals surface area contributed by atoms with E-state index in [-0.39, 0.29) is 18.1 Å². The number of hydrogen-bond donors (Lipinski definition) is 2. The largest absolute Gasteiger partial charge is 0.493 e. The molecule has 0 saturated carbocycles. The van der Waals surface area contributed by atoms with E-state index in [9.17, 15) is 4.79 Å². The van der Waals surface area contributed by atoms with E-state index in [1.165, 1.54) is 5.56 Å². The Hall–Kier alpha value is -2.53. The maximum absolute atomic E-state index is 12.1. The molecule has 0 aromatic heterocycles. The minimum atomic E-state index is -0.289. The fourth-order valence-electron chi connectivity index (χ4n) is 2.72. The highest BCUT2D eigenvalue weighted by atomic mass is 16.5. The van der Waals surface area contributed by atoms with Crippen LogP contribution in [0.3, 0.4) is 0 Å². The third-order valence-corrected chi connectivity index (χ3v) is 3.89. The van der Waals surface area contributed by atoms with Gasteiger partial charge in [-0.1, -0.05) is 42.5 Å². The quantitative estimate of drug-likeness (QED) is 0.665. The molecule has 5 heteroatoms. The first kappa shape index (κ1) is 20.8. The summed E-state index contributed by atoms with van der Waals surface area (Å²) in [6.45, 7) is 7.27. The highest BCUT2D eigenvalue weighted by Crippen LogP contribution is 2.31. The molecule has 0 fully saturated rings. The molecular formula is C22H30N2O3. The highest BCUT2D eigenvalue weighted by Gasteiger charge is 2.16. The summed E-state index contributed by atoms with van der Waals surface area (Å²) < 4.78 is 11.2. The Bertz CT molecular complexity index is 724. The number of rotatable bonds is 9. The van der Waals surface area contributed by atoms with Gasteiger partial charge in [0.2, 0.25) is 0 Å². The topological polar surface area (TPSA) is 59.6 Å². The van der Waals surface area contributed by atoms with Crippen LogP contribution in [0.15, 0.2) is 48.5 Å². The summed E-state index contributed by atoms with van der Waals surface area (Å²) in [5.74, 6) is 1.08. The number of para-hydroxylation sites is 1. The molecule has 1 amide bonds. The Labute approximate surface area is 162 Å². The average Bonchev–Trinajstić information content (AvgIpc) is 2.63. The molecule has 27 heavy (non-hydrogen) atoms.